The highest BCUT2D eigenvalue weighted by Crippen LogP contribution is 2.35. The van der Waals surface area contributed by atoms with Crippen LogP contribution in [0.5, 0.6) is 0 Å². The molecule has 0 amide bonds. The predicted octanol–water partition coefficient (Wildman–Crippen LogP) is 2.67. The Bertz CT molecular complexity index is 583. The van der Waals surface area contributed by atoms with Crippen LogP contribution in [0.1, 0.15) is 34.9 Å². The Balaban J connectivity index is 1.83. The maximum Gasteiger partial charge on any atom is 0.358 e. The normalized spacial score (nSPS) is 18.2. The highest BCUT2D eigenvalue weighted by molar-refractivity contribution is 7.08. The highest BCUT2D eigenvalue weighted by Gasteiger charge is 2.27. The molecular formula is C14H15N3O2S. The second-order valence-corrected chi connectivity index (χ2v) is 5.46. The zero-order valence-electron chi connectivity index (χ0n) is 11.2. The van der Waals surface area contributed by atoms with E-state index < -0.39 is 5.97 Å². The summed E-state index contributed by atoms with van der Waals surface area (Å²) in [5.74, 6) is 0.353. The molecule has 3 heterocycles. The Kier molecular flexibility index (Phi) is 3.64. The quantitative estimate of drug-likeness (QED) is 0.813. The van der Waals surface area contributed by atoms with Gasteiger partial charge in [0.2, 0.25) is 0 Å². The van der Waals surface area contributed by atoms with E-state index in [-0.39, 0.29) is 5.69 Å². The minimum atomic E-state index is -0.458. The maximum absolute atomic E-state index is 11.4. The molecule has 5 nitrogen and oxygen atoms in total. The van der Waals surface area contributed by atoms with Gasteiger partial charge in [0.25, 0.3) is 0 Å². The van der Waals surface area contributed by atoms with Gasteiger partial charge in [-0.2, -0.15) is 11.3 Å². The average molecular weight is 289 g/mol. The maximum atomic E-state index is 11.4. The largest absolute Gasteiger partial charge is 0.464 e. The fourth-order valence-corrected chi connectivity index (χ4v) is 3.25. The van der Waals surface area contributed by atoms with Crippen molar-refractivity contribution >= 4 is 23.1 Å². The van der Waals surface area contributed by atoms with Crippen LogP contribution in [0.2, 0.25) is 0 Å². The van der Waals surface area contributed by atoms with Crippen molar-refractivity contribution in [1.82, 2.24) is 10.2 Å². The summed E-state index contributed by atoms with van der Waals surface area (Å²) in [7, 11) is 1.34. The number of methoxy groups -OCH3 is 1. The second-order valence-electron chi connectivity index (χ2n) is 4.68. The Morgan fingerprint density at radius 3 is 2.95 bits per heavy atom. The van der Waals surface area contributed by atoms with Gasteiger partial charge in [-0.25, -0.2) is 4.79 Å². The summed E-state index contributed by atoms with van der Waals surface area (Å²) in [6.45, 7) is 0.965. The molecule has 1 saturated heterocycles. The first kappa shape index (κ1) is 13.1. The average Bonchev–Trinajstić information content (AvgIpc) is 3.16. The molecule has 104 valence electrons. The minimum absolute atomic E-state index is 0.238. The van der Waals surface area contributed by atoms with Gasteiger partial charge < -0.3 is 9.64 Å². The van der Waals surface area contributed by atoms with Crippen molar-refractivity contribution in [2.24, 2.45) is 0 Å². The molecule has 20 heavy (non-hydrogen) atoms. The summed E-state index contributed by atoms with van der Waals surface area (Å²) in [5, 5.41) is 12.4. The first-order chi connectivity index (χ1) is 9.79. The predicted molar refractivity (Wildman–Crippen MR) is 77.0 cm³/mol. The third-order valence-corrected chi connectivity index (χ3v) is 4.22. The van der Waals surface area contributed by atoms with E-state index in [9.17, 15) is 4.79 Å². The first-order valence-electron chi connectivity index (χ1n) is 6.50. The number of thiophene rings is 1. The lowest BCUT2D eigenvalue weighted by atomic mass is 10.1. The van der Waals surface area contributed by atoms with Crippen LogP contribution in [0.4, 0.5) is 5.82 Å². The fourth-order valence-electron chi connectivity index (χ4n) is 2.54. The van der Waals surface area contributed by atoms with Crippen molar-refractivity contribution in [3.8, 4) is 0 Å². The number of hydrogen-bond acceptors (Lipinski definition) is 6. The van der Waals surface area contributed by atoms with Crippen LogP contribution in [0.15, 0.2) is 29.0 Å². The number of carbonyl (C=O) groups is 1. The summed E-state index contributed by atoms with van der Waals surface area (Å²) in [4.78, 5) is 13.6. The van der Waals surface area contributed by atoms with Crippen LogP contribution >= 0.6 is 11.3 Å². The van der Waals surface area contributed by atoms with Crippen LogP contribution in [0.25, 0.3) is 0 Å². The van der Waals surface area contributed by atoms with E-state index >= 15 is 0 Å². The van der Waals surface area contributed by atoms with Crippen molar-refractivity contribution in [3.63, 3.8) is 0 Å². The van der Waals surface area contributed by atoms with E-state index in [0.717, 1.165) is 25.2 Å². The van der Waals surface area contributed by atoms with Gasteiger partial charge >= 0.3 is 5.97 Å². The number of ether oxygens (including phenoxy) is 1. The number of nitrogens with zero attached hydrogens (tertiary/aromatic N) is 3. The summed E-state index contributed by atoms with van der Waals surface area (Å²) in [6.07, 6.45) is 2.26. The zero-order valence-corrected chi connectivity index (χ0v) is 12.0. The molecule has 0 spiro atoms. The van der Waals surface area contributed by atoms with Gasteiger partial charge in [0.15, 0.2) is 11.5 Å². The number of carbonyl (C=O) groups excluding carboxylic acids is 1. The van der Waals surface area contributed by atoms with Gasteiger partial charge in [-0.1, -0.05) is 0 Å². The molecule has 2 aromatic heterocycles. The molecule has 1 fully saturated rings. The Morgan fingerprint density at radius 1 is 1.40 bits per heavy atom. The molecule has 2 aromatic rings. The highest BCUT2D eigenvalue weighted by atomic mass is 32.1. The number of anilines is 1. The van der Waals surface area contributed by atoms with Gasteiger partial charge in [0.05, 0.1) is 13.2 Å². The number of hydrogen-bond donors (Lipinski definition) is 0. The standard InChI is InChI=1S/C14H15N3O2S/c1-19-14(18)11-4-5-13(16-15-11)17-7-2-3-12(17)10-6-8-20-9-10/h4-6,8-9,12H,2-3,7H2,1H3/t12-/m0/s1. The van der Waals surface area contributed by atoms with Crippen LogP contribution in [0, 0.1) is 0 Å². The first-order valence-corrected chi connectivity index (χ1v) is 7.44. The summed E-state index contributed by atoms with van der Waals surface area (Å²) < 4.78 is 4.63. The van der Waals surface area contributed by atoms with E-state index in [1.807, 2.05) is 6.07 Å². The molecule has 0 saturated carbocycles. The molecule has 0 aliphatic carbocycles. The number of rotatable bonds is 3. The van der Waals surface area contributed by atoms with Crippen LogP contribution in [-0.4, -0.2) is 29.8 Å². The van der Waals surface area contributed by atoms with Gasteiger partial charge in [-0.05, 0) is 47.4 Å². The number of esters is 1. The summed E-state index contributed by atoms with van der Waals surface area (Å²) in [6, 6.07) is 6.02. The Morgan fingerprint density at radius 2 is 2.30 bits per heavy atom. The Labute approximate surface area is 121 Å². The van der Waals surface area contributed by atoms with Gasteiger partial charge in [0.1, 0.15) is 0 Å². The monoisotopic (exact) mass is 289 g/mol. The summed E-state index contributed by atoms with van der Waals surface area (Å²) in [5.41, 5.74) is 1.56. The van der Waals surface area contributed by atoms with Crippen molar-refractivity contribution in [2.45, 2.75) is 18.9 Å². The topological polar surface area (TPSA) is 55.3 Å². The van der Waals surface area contributed by atoms with Crippen molar-refractivity contribution < 1.29 is 9.53 Å². The SMILES string of the molecule is COC(=O)c1ccc(N2CCC[C@H]2c2ccsc2)nn1. The molecule has 1 aliphatic heterocycles. The van der Waals surface area contributed by atoms with E-state index in [1.54, 1.807) is 17.4 Å². The lowest BCUT2D eigenvalue weighted by Gasteiger charge is -2.24. The van der Waals surface area contributed by atoms with Gasteiger partial charge in [-0.3, -0.25) is 0 Å². The third kappa shape index (κ3) is 2.38. The Hall–Kier alpha value is -1.95. The molecule has 0 unspecified atom stereocenters. The molecule has 0 bridgehead atoms. The van der Waals surface area contributed by atoms with Gasteiger partial charge in [-0.15, -0.1) is 10.2 Å². The molecule has 3 rings (SSSR count). The molecule has 1 atom stereocenters. The van der Waals surface area contributed by atoms with E-state index in [4.69, 9.17) is 0 Å². The molecule has 0 N–H and O–H groups in total. The molecule has 0 radical (unpaired) electrons. The van der Waals surface area contributed by atoms with Crippen LogP contribution in [-0.2, 0) is 4.74 Å². The van der Waals surface area contributed by atoms with Crippen molar-refractivity contribution in [1.29, 1.82) is 0 Å². The second kappa shape index (κ2) is 5.58. The summed E-state index contributed by atoms with van der Waals surface area (Å²) >= 11 is 1.71. The van der Waals surface area contributed by atoms with Crippen molar-refractivity contribution in [3.05, 3.63) is 40.2 Å². The van der Waals surface area contributed by atoms with Gasteiger partial charge in [0, 0.05) is 6.54 Å². The third-order valence-electron chi connectivity index (χ3n) is 3.52. The molecule has 0 aromatic carbocycles. The van der Waals surface area contributed by atoms with E-state index in [0.29, 0.717) is 6.04 Å². The van der Waals surface area contributed by atoms with Crippen molar-refractivity contribution in [2.75, 3.05) is 18.6 Å². The number of aromatic nitrogens is 2. The van der Waals surface area contributed by atoms with E-state index in [2.05, 4.69) is 36.7 Å². The lowest BCUT2D eigenvalue weighted by molar-refractivity contribution is 0.0592. The van der Waals surface area contributed by atoms with E-state index in [1.165, 1.54) is 12.7 Å². The fraction of sp³-hybridized carbons (Fsp3) is 0.357. The molecule has 1 aliphatic rings. The molecule has 6 heteroatoms. The smallest absolute Gasteiger partial charge is 0.358 e. The molecular weight excluding hydrogens is 274 g/mol. The van der Waals surface area contributed by atoms with Crippen LogP contribution in [0.3, 0.4) is 0 Å². The lowest BCUT2D eigenvalue weighted by Crippen LogP contribution is -2.23. The zero-order chi connectivity index (χ0) is 13.9. The van der Waals surface area contributed by atoms with Crippen LogP contribution < -0.4 is 4.90 Å². The minimum Gasteiger partial charge on any atom is -0.464 e.